The number of hydrogen-bond acceptors (Lipinski definition) is 4. The van der Waals surface area contributed by atoms with Crippen molar-refractivity contribution in [2.45, 2.75) is 25.7 Å². The molecule has 2 rings (SSSR count). The molecule has 2 aromatic rings. The Morgan fingerprint density at radius 1 is 1.30 bits per heavy atom. The van der Waals surface area contributed by atoms with Gasteiger partial charge >= 0.3 is 0 Å². The van der Waals surface area contributed by atoms with Crippen molar-refractivity contribution in [3.05, 3.63) is 59.1 Å². The Bertz CT molecular complexity index is 686. The van der Waals surface area contributed by atoms with Gasteiger partial charge in [-0.1, -0.05) is 6.07 Å². The molecular weight excluding hydrogens is 308 g/mol. The Balaban J connectivity index is 2.03. The van der Waals surface area contributed by atoms with Gasteiger partial charge in [0, 0.05) is 7.11 Å². The van der Waals surface area contributed by atoms with Gasteiger partial charge in [0.05, 0.1) is 12.1 Å². The van der Waals surface area contributed by atoms with Crippen molar-refractivity contribution in [1.82, 2.24) is 5.32 Å². The first-order chi connectivity index (χ1) is 10.9. The molecule has 1 amide bonds. The number of nitrogens with one attached hydrogen (secondary N) is 1. The molecule has 1 aromatic heterocycles. The van der Waals surface area contributed by atoms with Gasteiger partial charge in [0.15, 0.2) is 17.4 Å². The summed E-state index contributed by atoms with van der Waals surface area (Å²) in [5.41, 5.74) is 0.163. The number of aliphatic hydroxyl groups excluding tert-OH is 1. The van der Waals surface area contributed by atoms with Gasteiger partial charge in [-0.25, -0.2) is 8.78 Å². The van der Waals surface area contributed by atoms with E-state index in [4.69, 9.17) is 9.15 Å². The summed E-state index contributed by atoms with van der Waals surface area (Å²) in [7, 11) is 1.50. The fourth-order valence-electron chi connectivity index (χ4n) is 2.06. The fraction of sp³-hybridized carbons (Fsp3) is 0.312. The maximum Gasteiger partial charge on any atom is 0.287 e. The van der Waals surface area contributed by atoms with Crippen LogP contribution in [0.25, 0.3) is 0 Å². The number of furan rings is 1. The molecule has 2 unspecified atom stereocenters. The predicted octanol–water partition coefficient (Wildman–Crippen LogP) is 2.56. The first-order valence-electron chi connectivity index (χ1n) is 6.94. The number of benzene rings is 1. The molecule has 7 heteroatoms. The van der Waals surface area contributed by atoms with Crippen molar-refractivity contribution in [2.75, 3.05) is 7.11 Å². The summed E-state index contributed by atoms with van der Waals surface area (Å²) in [6.07, 6.45) is -1.19. The first kappa shape index (κ1) is 17.1. The quantitative estimate of drug-likeness (QED) is 0.856. The molecule has 0 aliphatic carbocycles. The lowest BCUT2D eigenvalue weighted by Crippen LogP contribution is -2.37. The third-order valence-corrected chi connectivity index (χ3v) is 3.29. The van der Waals surface area contributed by atoms with Gasteiger partial charge in [0.2, 0.25) is 0 Å². The summed E-state index contributed by atoms with van der Waals surface area (Å²) >= 11 is 0. The number of methoxy groups -OCH3 is 1. The zero-order valence-electron chi connectivity index (χ0n) is 12.7. The van der Waals surface area contributed by atoms with Crippen molar-refractivity contribution in [1.29, 1.82) is 0 Å². The number of carbonyl (C=O) groups is 1. The predicted molar refractivity (Wildman–Crippen MR) is 77.7 cm³/mol. The van der Waals surface area contributed by atoms with Crippen LogP contribution in [-0.4, -0.2) is 24.2 Å². The van der Waals surface area contributed by atoms with E-state index in [1.54, 1.807) is 13.0 Å². The summed E-state index contributed by atoms with van der Waals surface area (Å²) in [4.78, 5) is 12.0. The van der Waals surface area contributed by atoms with E-state index in [1.165, 1.54) is 19.2 Å². The van der Waals surface area contributed by atoms with Gasteiger partial charge in [-0.05, 0) is 36.8 Å². The van der Waals surface area contributed by atoms with E-state index in [0.717, 1.165) is 12.1 Å². The Hall–Kier alpha value is -2.25. The van der Waals surface area contributed by atoms with E-state index in [2.05, 4.69) is 5.32 Å². The molecule has 2 atom stereocenters. The minimum atomic E-state index is -1.19. The Labute approximate surface area is 131 Å². The van der Waals surface area contributed by atoms with Gasteiger partial charge in [-0.3, -0.25) is 4.79 Å². The molecule has 0 spiro atoms. The minimum Gasteiger partial charge on any atom is -0.453 e. The molecule has 0 radical (unpaired) electrons. The van der Waals surface area contributed by atoms with E-state index in [-0.39, 0.29) is 17.9 Å². The van der Waals surface area contributed by atoms with Crippen LogP contribution in [0.3, 0.4) is 0 Å². The SMILES string of the molecule is COCc1ccc(C(=O)NC(C)C(O)c2ccc(F)c(F)c2)o1. The van der Waals surface area contributed by atoms with E-state index < -0.39 is 29.7 Å². The Kier molecular flexibility index (Phi) is 5.46. The standard InChI is InChI=1S/C16H17F2NO4/c1-9(15(20)10-3-5-12(17)13(18)7-10)19-16(21)14-6-4-11(23-14)8-22-2/h3-7,9,15,20H,8H2,1-2H3,(H,19,21). The summed E-state index contributed by atoms with van der Waals surface area (Å²) in [6, 6.07) is 5.44. The average molecular weight is 325 g/mol. The molecule has 0 bridgehead atoms. The lowest BCUT2D eigenvalue weighted by atomic mass is 10.0. The molecule has 23 heavy (non-hydrogen) atoms. The molecule has 5 nitrogen and oxygen atoms in total. The number of carbonyl (C=O) groups excluding carboxylic acids is 1. The Morgan fingerprint density at radius 3 is 2.70 bits per heavy atom. The number of halogens is 2. The van der Waals surface area contributed by atoms with Crippen LogP contribution < -0.4 is 5.32 Å². The third-order valence-electron chi connectivity index (χ3n) is 3.29. The summed E-state index contributed by atoms with van der Waals surface area (Å²) < 4.78 is 36.3. The van der Waals surface area contributed by atoms with Gasteiger partial charge in [-0.2, -0.15) is 0 Å². The highest BCUT2D eigenvalue weighted by molar-refractivity contribution is 5.91. The zero-order valence-corrected chi connectivity index (χ0v) is 12.7. The summed E-state index contributed by atoms with van der Waals surface area (Å²) in [5, 5.41) is 12.7. The highest BCUT2D eigenvalue weighted by Gasteiger charge is 2.21. The molecule has 1 heterocycles. The number of aliphatic hydroxyl groups is 1. The molecular formula is C16H17F2NO4. The van der Waals surface area contributed by atoms with Crippen LogP contribution >= 0.6 is 0 Å². The van der Waals surface area contributed by atoms with Crippen molar-refractivity contribution in [2.24, 2.45) is 0 Å². The molecule has 124 valence electrons. The lowest BCUT2D eigenvalue weighted by Gasteiger charge is -2.20. The van der Waals surface area contributed by atoms with E-state index in [9.17, 15) is 18.7 Å². The summed E-state index contributed by atoms with van der Waals surface area (Å²) in [5.74, 6) is -2.02. The second-order valence-electron chi connectivity index (χ2n) is 5.08. The minimum absolute atomic E-state index is 0.0707. The van der Waals surface area contributed by atoms with Gasteiger partial charge in [0.25, 0.3) is 5.91 Å². The van der Waals surface area contributed by atoms with E-state index in [0.29, 0.717) is 5.76 Å². The molecule has 1 aromatic carbocycles. The van der Waals surface area contributed by atoms with Crippen LogP contribution in [-0.2, 0) is 11.3 Å². The number of amides is 1. The normalized spacial score (nSPS) is 13.6. The van der Waals surface area contributed by atoms with Crippen LogP contribution in [0.15, 0.2) is 34.7 Å². The van der Waals surface area contributed by atoms with Crippen LogP contribution in [0.2, 0.25) is 0 Å². The fourth-order valence-corrected chi connectivity index (χ4v) is 2.06. The second kappa shape index (κ2) is 7.34. The monoisotopic (exact) mass is 325 g/mol. The highest BCUT2D eigenvalue weighted by Crippen LogP contribution is 2.20. The van der Waals surface area contributed by atoms with Crippen molar-refractivity contribution < 1.29 is 27.8 Å². The third kappa shape index (κ3) is 4.14. The van der Waals surface area contributed by atoms with Crippen LogP contribution in [0, 0.1) is 11.6 Å². The van der Waals surface area contributed by atoms with Crippen molar-refractivity contribution >= 4 is 5.91 Å². The zero-order chi connectivity index (χ0) is 17.0. The largest absolute Gasteiger partial charge is 0.453 e. The average Bonchev–Trinajstić information content (AvgIpc) is 2.98. The first-order valence-corrected chi connectivity index (χ1v) is 6.94. The maximum atomic E-state index is 13.2. The van der Waals surface area contributed by atoms with Crippen LogP contribution in [0.5, 0.6) is 0 Å². The smallest absolute Gasteiger partial charge is 0.287 e. The van der Waals surface area contributed by atoms with Crippen LogP contribution in [0.4, 0.5) is 8.78 Å². The molecule has 2 N–H and O–H groups in total. The summed E-state index contributed by atoms with van der Waals surface area (Å²) in [6.45, 7) is 1.78. The maximum absolute atomic E-state index is 13.2. The van der Waals surface area contributed by atoms with Gasteiger partial charge < -0.3 is 19.6 Å². The molecule has 0 aliphatic heterocycles. The second-order valence-corrected chi connectivity index (χ2v) is 5.08. The number of rotatable bonds is 6. The van der Waals surface area contributed by atoms with Crippen molar-refractivity contribution in [3.63, 3.8) is 0 Å². The molecule has 0 saturated heterocycles. The molecule has 0 saturated carbocycles. The molecule has 0 fully saturated rings. The van der Waals surface area contributed by atoms with E-state index in [1.807, 2.05) is 0 Å². The van der Waals surface area contributed by atoms with Gasteiger partial charge in [0.1, 0.15) is 12.4 Å². The highest BCUT2D eigenvalue weighted by atomic mass is 19.2. The van der Waals surface area contributed by atoms with Crippen molar-refractivity contribution in [3.8, 4) is 0 Å². The molecule has 0 aliphatic rings. The topological polar surface area (TPSA) is 71.7 Å². The number of ether oxygens (including phenoxy) is 1. The van der Waals surface area contributed by atoms with E-state index >= 15 is 0 Å². The number of hydrogen-bond donors (Lipinski definition) is 2. The van der Waals surface area contributed by atoms with Gasteiger partial charge in [-0.15, -0.1) is 0 Å². The Morgan fingerprint density at radius 2 is 2.04 bits per heavy atom. The van der Waals surface area contributed by atoms with Crippen LogP contribution in [0.1, 0.15) is 34.9 Å². The lowest BCUT2D eigenvalue weighted by molar-refractivity contribution is 0.0818.